The molecule has 3 heterocycles. The van der Waals surface area contributed by atoms with Gasteiger partial charge in [0.2, 0.25) is 0 Å². The van der Waals surface area contributed by atoms with Crippen molar-refractivity contribution >= 4 is 5.91 Å². The van der Waals surface area contributed by atoms with Crippen LogP contribution in [0.1, 0.15) is 12.0 Å². The molecule has 3 aliphatic heterocycles. The second-order valence-electron chi connectivity index (χ2n) is 9.19. The summed E-state index contributed by atoms with van der Waals surface area (Å²) in [7, 11) is 2.15. The summed E-state index contributed by atoms with van der Waals surface area (Å²) in [5.74, 6) is 0.711. The Morgan fingerprint density at radius 2 is 1.74 bits per heavy atom. The van der Waals surface area contributed by atoms with Gasteiger partial charge in [0.25, 0.3) is 5.91 Å². The number of carbonyl (C=O) groups excluding carboxylic acids is 1. The van der Waals surface area contributed by atoms with Crippen LogP contribution in [-0.4, -0.2) is 122 Å². The van der Waals surface area contributed by atoms with E-state index < -0.39 is 5.60 Å². The van der Waals surface area contributed by atoms with Crippen molar-refractivity contribution in [1.82, 2.24) is 19.6 Å². The van der Waals surface area contributed by atoms with Crippen molar-refractivity contribution in [3.05, 3.63) is 29.8 Å². The minimum atomic E-state index is -0.612. The number of hydrogen-bond acceptors (Lipinski definition) is 7. The van der Waals surface area contributed by atoms with E-state index in [9.17, 15) is 9.90 Å². The van der Waals surface area contributed by atoms with Gasteiger partial charge in [0, 0.05) is 65.4 Å². The SMILES string of the molecule is CN1CCN(C[C@@]2(O)CCN(Cc3ccc(OCC(=O)N4CCOCC4)cc3)C2)CC1. The zero-order valence-corrected chi connectivity index (χ0v) is 18.7. The van der Waals surface area contributed by atoms with Gasteiger partial charge in [-0.15, -0.1) is 0 Å². The third-order valence-electron chi connectivity index (χ3n) is 6.58. The average molecular weight is 433 g/mol. The predicted molar refractivity (Wildman–Crippen MR) is 118 cm³/mol. The monoisotopic (exact) mass is 432 g/mol. The first-order valence-corrected chi connectivity index (χ1v) is 11.4. The summed E-state index contributed by atoms with van der Waals surface area (Å²) in [6, 6.07) is 7.95. The molecule has 0 aliphatic carbocycles. The minimum Gasteiger partial charge on any atom is -0.484 e. The molecule has 1 atom stereocenters. The van der Waals surface area contributed by atoms with E-state index in [-0.39, 0.29) is 12.5 Å². The lowest BCUT2D eigenvalue weighted by molar-refractivity contribution is -0.137. The first-order valence-electron chi connectivity index (χ1n) is 11.4. The van der Waals surface area contributed by atoms with E-state index in [0.29, 0.717) is 38.6 Å². The van der Waals surface area contributed by atoms with Crippen molar-refractivity contribution in [2.24, 2.45) is 0 Å². The number of amides is 1. The number of ether oxygens (including phenoxy) is 2. The van der Waals surface area contributed by atoms with Crippen LogP contribution in [0.15, 0.2) is 24.3 Å². The summed E-state index contributed by atoms with van der Waals surface area (Å²) in [5.41, 5.74) is 0.578. The van der Waals surface area contributed by atoms with E-state index in [0.717, 1.165) is 52.2 Å². The standard InChI is InChI=1S/C23H36N4O4/c1-24-8-10-25(11-9-24)18-23(29)6-7-26(19-23)16-20-2-4-21(5-3-20)31-17-22(28)27-12-14-30-15-13-27/h2-5,29H,6-19H2,1H3/t23-/m0/s1. The van der Waals surface area contributed by atoms with Gasteiger partial charge < -0.3 is 24.4 Å². The lowest BCUT2D eigenvalue weighted by Gasteiger charge is -2.36. The normalized spacial score (nSPS) is 26.3. The molecule has 3 fully saturated rings. The Bertz CT molecular complexity index is 717. The molecule has 8 nitrogen and oxygen atoms in total. The molecule has 1 aromatic rings. The van der Waals surface area contributed by atoms with Gasteiger partial charge in [-0.1, -0.05) is 12.1 Å². The Kier molecular flexibility index (Phi) is 7.45. The highest BCUT2D eigenvalue weighted by molar-refractivity contribution is 5.77. The van der Waals surface area contributed by atoms with Gasteiger partial charge >= 0.3 is 0 Å². The Labute approximate surface area is 185 Å². The fourth-order valence-corrected chi connectivity index (χ4v) is 4.63. The van der Waals surface area contributed by atoms with Crippen LogP contribution in [0, 0.1) is 0 Å². The molecule has 172 valence electrons. The van der Waals surface area contributed by atoms with E-state index in [1.54, 1.807) is 4.90 Å². The van der Waals surface area contributed by atoms with Gasteiger partial charge in [0.15, 0.2) is 6.61 Å². The fraction of sp³-hybridized carbons (Fsp3) is 0.696. The van der Waals surface area contributed by atoms with E-state index in [1.165, 1.54) is 5.56 Å². The molecule has 8 heteroatoms. The van der Waals surface area contributed by atoms with Crippen LogP contribution < -0.4 is 4.74 Å². The van der Waals surface area contributed by atoms with Crippen LogP contribution in [0.25, 0.3) is 0 Å². The largest absolute Gasteiger partial charge is 0.484 e. The first-order chi connectivity index (χ1) is 15.0. The molecule has 3 aliphatic rings. The second-order valence-corrected chi connectivity index (χ2v) is 9.19. The van der Waals surface area contributed by atoms with Crippen molar-refractivity contribution < 1.29 is 19.4 Å². The molecule has 0 saturated carbocycles. The van der Waals surface area contributed by atoms with Crippen molar-refractivity contribution in [1.29, 1.82) is 0 Å². The number of morpholine rings is 1. The molecule has 1 N–H and O–H groups in total. The summed E-state index contributed by atoms with van der Waals surface area (Å²) in [5, 5.41) is 11.1. The van der Waals surface area contributed by atoms with Gasteiger partial charge in [-0.25, -0.2) is 0 Å². The summed E-state index contributed by atoms with van der Waals surface area (Å²) in [6.07, 6.45) is 0.824. The average Bonchev–Trinajstić information content (AvgIpc) is 3.15. The maximum absolute atomic E-state index is 12.2. The van der Waals surface area contributed by atoms with Gasteiger partial charge in [0.05, 0.1) is 18.8 Å². The zero-order chi connectivity index (χ0) is 21.7. The number of likely N-dealkylation sites (N-methyl/N-ethyl adjacent to an activating group) is 1. The molecule has 0 aromatic heterocycles. The second kappa shape index (κ2) is 10.3. The molecule has 0 bridgehead atoms. The Morgan fingerprint density at radius 3 is 2.45 bits per heavy atom. The molecule has 1 aromatic carbocycles. The molecule has 1 amide bonds. The predicted octanol–water partition coefficient (Wildman–Crippen LogP) is 0.108. The lowest BCUT2D eigenvalue weighted by atomic mass is 10.0. The number of benzene rings is 1. The van der Waals surface area contributed by atoms with Crippen LogP contribution in [0.3, 0.4) is 0 Å². The van der Waals surface area contributed by atoms with Crippen molar-refractivity contribution in [3.63, 3.8) is 0 Å². The summed E-state index contributed by atoms with van der Waals surface area (Å²) >= 11 is 0. The van der Waals surface area contributed by atoms with Crippen LogP contribution in [-0.2, 0) is 16.1 Å². The summed E-state index contributed by atoms with van der Waals surface area (Å²) < 4.78 is 11.0. The van der Waals surface area contributed by atoms with Gasteiger partial charge in [0.1, 0.15) is 5.75 Å². The van der Waals surface area contributed by atoms with Crippen molar-refractivity contribution in [2.75, 3.05) is 85.8 Å². The number of β-amino-alcohol motifs (C(OH)–C–C–N with tert-alkyl or cyclic N) is 1. The zero-order valence-electron chi connectivity index (χ0n) is 18.7. The smallest absolute Gasteiger partial charge is 0.260 e. The molecule has 0 unspecified atom stereocenters. The molecule has 31 heavy (non-hydrogen) atoms. The number of nitrogens with zero attached hydrogens (tertiary/aromatic N) is 4. The van der Waals surface area contributed by atoms with Crippen molar-refractivity contribution in [2.45, 2.75) is 18.6 Å². The van der Waals surface area contributed by atoms with E-state index in [4.69, 9.17) is 9.47 Å². The van der Waals surface area contributed by atoms with Crippen LogP contribution in [0.2, 0.25) is 0 Å². The highest BCUT2D eigenvalue weighted by Crippen LogP contribution is 2.25. The summed E-state index contributed by atoms with van der Waals surface area (Å²) in [6.45, 7) is 9.96. The molecular weight excluding hydrogens is 396 g/mol. The third-order valence-corrected chi connectivity index (χ3v) is 6.58. The van der Waals surface area contributed by atoms with E-state index in [2.05, 4.69) is 21.7 Å². The van der Waals surface area contributed by atoms with E-state index in [1.807, 2.05) is 24.3 Å². The minimum absolute atomic E-state index is 0.00378. The molecule has 0 spiro atoms. The molecule has 4 rings (SSSR count). The van der Waals surface area contributed by atoms with Crippen LogP contribution in [0.4, 0.5) is 0 Å². The van der Waals surface area contributed by atoms with Crippen LogP contribution >= 0.6 is 0 Å². The van der Waals surface area contributed by atoms with E-state index >= 15 is 0 Å². The topological polar surface area (TPSA) is 68.7 Å². The maximum Gasteiger partial charge on any atom is 0.260 e. The van der Waals surface area contributed by atoms with Gasteiger partial charge in [-0.2, -0.15) is 0 Å². The summed E-state index contributed by atoms with van der Waals surface area (Å²) in [4.78, 5) is 21.0. The third kappa shape index (κ3) is 6.40. The molecule has 3 saturated heterocycles. The van der Waals surface area contributed by atoms with Crippen molar-refractivity contribution in [3.8, 4) is 5.75 Å². The molecular formula is C23H36N4O4. The highest BCUT2D eigenvalue weighted by atomic mass is 16.5. The highest BCUT2D eigenvalue weighted by Gasteiger charge is 2.37. The van der Waals surface area contributed by atoms with Gasteiger partial charge in [-0.05, 0) is 31.2 Å². The maximum atomic E-state index is 12.2. The first kappa shape index (κ1) is 22.5. The Morgan fingerprint density at radius 1 is 1.03 bits per heavy atom. The number of likely N-dealkylation sites (tertiary alicyclic amines) is 1. The molecule has 0 radical (unpaired) electrons. The Hall–Kier alpha value is -1.71. The number of aliphatic hydroxyl groups is 1. The van der Waals surface area contributed by atoms with Gasteiger partial charge in [-0.3, -0.25) is 14.6 Å². The fourth-order valence-electron chi connectivity index (χ4n) is 4.63. The number of carbonyl (C=O) groups is 1. The number of hydrogen-bond donors (Lipinski definition) is 1. The quantitative estimate of drug-likeness (QED) is 0.656. The number of rotatable bonds is 7. The van der Waals surface area contributed by atoms with Crippen LogP contribution in [0.5, 0.6) is 5.75 Å². The lowest BCUT2D eigenvalue weighted by Crippen LogP contribution is -2.51. The number of piperazine rings is 1. The Balaban J connectivity index is 1.20.